The number of benzene rings is 2. The number of aromatic carboxylic acids is 1. The lowest BCUT2D eigenvalue weighted by molar-refractivity contribution is -0.387. The van der Waals surface area contributed by atoms with Crippen LogP contribution in [0.3, 0.4) is 0 Å². The highest BCUT2D eigenvalue weighted by atomic mass is 35.5. The summed E-state index contributed by atoms with van der Waals surface area (Å²) in [5.74, 6) is -2.94. The van der Waals surface area contributed by atoms with Crippen molar-refractivity contribution in [1.29, 1.82) is 0 Å². The molecule has 0 amide bonds. The fraction of sp³-hybridized carbons (Fsp3) is 0. The van der Waals surface area contributed by atoms with Crippen molar-refractivity contribution < 1.29 is 19.2 Å². The van der Waals surface area contributed by atoms with Crippen molar-refractivity contribution >= 4 is 23.3 Å². The normalized spacial score (nSPS) is 10.3. The second kappa shape index (κ2) is 5.26. The van der Waals surface area contributed by atoms with Crippen LogP contribution in [0.4, 0.5) is 10.1 Å². The molecule has 7 heteroatoms. The van der Waals surface area contributed by atoms with Crippen molar-refractivity contribution in [2.45, 2.75) is 0 Å². The van der Waals surface area contributed by atoms with E-state index >= 15 is 0 Å². The number of halogens is 2. The van der Waals surface area contributed by atoms with Crippen LogP contribution in [0.5, 0.6) is 0 Å². The van der Waals surface area contributed by atoms with Gasteiger partial charge in [0.15, 0.2) is 0 Å². The number of rotatable bonds is 3. The number of carboxylic acid groups (broad SMARTS) is 1. The highest BCUT2D eigenvalue weighted by Crippen LogP contribution is 2.30. The van der Waals surface area contributed by atoms with Crippen LogP contribution in [-0.2, 0) is 0 Å². The summed E-state index contributed by atoms with van der Waals surface area (Å²) in [4.78, 5) is 20.8. The molecule has 0 spiro atoms. The van der Waals surface area contributed by atoms with Crippen molar-refractivity contribution in [3.05, 3.63) is 62.9 Å². The molecule has 0 unspecified atom stereocenters. The number of hydrogen-bond acceptors (Lipinski definition) is 3. The summed E-state index contributed by atoms with van der Waals surface area (Å²) < 4.78 is 13.7. The van der Waals surface area contributed by atoms with E-state index in [0.29, 0.717) is 10.6 Å². The maximum atomic E-state index is 13.7. The van der Waals surface area contributed by atoms with Crippen LogP contribution >= 0.6 is 11.6 Å². The van der Waals surface area contributed by atoms with Gasteiger partial charge in [-0.2, -0.15) is 4.39 Å². The third-order valence-corrected chi connectivity index (χ3v) is 2.87. The van der Waals surface area contributed by atoms with E-state index in [1.807, 2.05) is 0 Å². The zero-order valence-corrected chi connectivity index (χ0v) is 10.6. The van der Waals surface area contributed by atoms with Crippen LogP contribution in [0.2, 0.25) is 5.02 Å². The van der Waals surface area contributed by atoms with Gasteiger partial charge in [0.2, 0.25) is 5.82 Å². The molecule has 0 aliphatic heterocycles. The van der Waals surface area contributed by atoms with E-state index < -0.39 is 28.0 Å². The molecule has 0 radical (unpaired) electrons. The van der Waals surface area contributed by atoms with Crippen LogP contribution in [0.15, 0.2) is 36.4 Å². The van der Waals surface area contributed by atoms with Crippen LogP contribution in [0.1, 0.15) is 10.4 Å². The molecule has 5 nitrogen and oxygen atoms in total. The third kappa shape index (κ3) is 2.60. The zero-order valence-electron chi connectivity index (χ0n) is 9.84. The Labute approximate surface area is 117 Å². The maximum Gasteiger partial charge on any atom is 0.338 e. The van der Waals surface area contributed by atoms with E-state index in [4.69, 9.17) is 16.7 Å². The van der Waals surface area contributed by atoms with Crippen LogP contribution in [-0.4, -0.2) is 16.0 Å². The first-order valence-corrected chi connectivity index (χ1v) is 5.75. The van der Waals surface area contributed by atoms with E-state index in [9.17, 15) is 19.3 Å². The van der Waals surface area contributed by atoms with Crippen LogP contribution in [0, 0.1) is 15.9 Å². The Bertz CT molecular complexity index is 682. The van der Waals surface area contributed by atoms with Gasteiger partial charge in [-0.05, 0) is 29.3 Å². The first kappa shape index (κ1) is 14.0. The highest BCUT2D eigenvalue weighted by molar-refractivity contribution is 6.30. The van der Waals surface area contributed by atoms with Gasteiger partial charge in [0.25, 0.3) is 0 Å². The van der Waals surface area contributed by atoms with Crippen molar-refractivity contribution in [2.24, 2.45) is 0 Å². The molecule has 0 saturated carbocycles. The Morgan fingerprint density at radius 3 is 2.50 bits per heavy atom. The van der Waals surface area contributed by atoms with Gasteiger partial charge in [-0.3, -0.25) is 10.1 Å². The Hall–Kier alpha value is -2.47. The average molecular weight is 296 g/mol. The van der Waals surface area contributed by atoms with Crippen LogP contribution in [0.25, 0.3) is 11.1 Å². The minimum Gasteiger partial charge on any atom is -0.478 e. The Kier molecular flexibility index (Phi) is 3.67. The van der Waals surface area contributed by atoms with Gasteiger partial charge in [0.05, 0.1) is 4.92 Å². The highest BCUT2D eigenvalue weighted by Gasteiger charge is 2.24. The van der Waals surface area contributed by atoms with Crippen molar-refractivity contribution in [3.63, 3.8) is 0 Å². The first-order valence-electron chi connectivity index (χ1n) is 5.37. The first-order chi connectivity index (χ1) is 9.40. The standard InChI is InChI=1S/C13H7ClFNO4/c14-9-3-1-2-7(4-9)8-5-10(13(17)18)12(15)11(6-8)16(19)20/h1-6H,(H,17,18). The Balaban J connectivity index is 2.71. The minimum absolute atomic E-state index is 0.206. The topological polar surface area (TPSA) is 80.4 Å². The Morgan fingerprint density at radius 2 is 1.95 bits per heavy atom. The molecule has 0 heterocycles. The average Bonchev–Trinajstić information content (AvgIpc) is 2.38. The molecule has 0 aliphatic carbocycles. The summed E-state index contributed by atoms with van der Waals surface area (Å²) in [6.45, 7) is 0. The number of nitrogens with zero attached hydrogens (tertiary/aromatic N) is 1. The van der Waals surface area contributed by atoms with Gasteiger partial charge in [0.1, 0.15) is 5.56 Å². The second-order valence-electron chi connectivity index (χ2n) is 3.93. The molecule has 0 aromatic heterocycles. The van der Waals surface area contributed by atoms with Gasteiger partial charge < -0.3 is 5.11 Å². The summed E-state index contributed by atoms with van der Waals surface area (Å²) in [6.07, 6.45) is 0. The van der Waals surface area contributed by atoms with Gasteiger partial charge >= 0.3 is 11.7 Å². The molecule has 0 saturated heterocycles. The molecule has 0 atom stereocenters. The van der Waals surface area contributed by atoms with Crippen molar-refractivity contribution in [1.82, 2.24) is 0 Å². The largest absolute Gasteiger partial charge is 0.478 e. The van der Waals surface area contributed by atoms with E-state index in [-0.39, 0.29) is 5.56 Å². The molecular formula is C13H7ClFNO4. The number of nitro groups is 1. The van der Waals surface area contributed by atoms with E-state index in [1.54, 1.807) is 18.2 Å². The molecule has 0 fully saturated rings. The molecule has 2 aromatic rings. The predicted octanol–water partition coefficient (Wildman–Crippen LogP) is 3.75. The lowest BCUT2D eigenvalue weighted by Gasteiger charge is -2.06. The number of hydrogen-bond donors (Lipinski definition) is 1. The van der Waals surface area contributed by atoms with Crippen LogP contribution < -0.4 is 0 Å². The lowest BCUT2D eigenvalue weighted by atomic mass is 10.0. The molecule has 2 aromatic carbocycles. The molecule has 0 bridgehead atoms. The van der Waals surface area contributed by atoms with E-state index in [0.717, 1.165) is 12.1 Å². The van der Waals surface area contributed by atoms with E-state index in [2.05, 4.69) is 0 Å². The number of nitro benzene ring substituents is 1. The van der Waals surface area contributed by atoms with Crippen molar-refractivity contribution in [3.8, 4) is 11.1 Å². The van der Waals surface area contributed by atoms with Crippen molar-refractivity contribution in [2.75, 3.05) is 0 Å². The molecule has 1 N–H and O–H groups in total. The second-order valence-corrected chi connectivity index (χ2v) is 4.37. The zero-order chi connectivity index (χ0) is 14.9. The quantitative estimate of drug-likeness (QED) is 0.690. The van der Waals surface area contributed by atoms with Gasteiger partial charge in [-0.15, -0.1) is 0 Å². The predicted molar refractivity (Wildman–Crippen MR) is 70.5 cm³/mol. The summed E-state index contributed by atoms with van der Waals surface area (Å²) in [5, 5.41) is 20.1. The third-order valence-electron chi connectivity index (χ3n) is 2.64. The number of carboxylic acids is 1. The van der Waals surface area contributed by atoms with Gasteiger partial charge in [-0.25, -0.2) is 4.79 Å². The summed E-state index contributed by atoms with van der Waals surface area (Å²) in [6, 6.07) is 8.32. The smallest absolute Gasteiger partial charge is 0.338 e. The minimum atomic E-state index is -1.57. The SMILES string of the molecule is O=C(O)c1cc(-c2cccc(Cl)c2)cc([N+](=O)[O-])c1F. The fourth-order valence-corrected chi connectivity index (χ4v) is 1.92. The molecule has 2 rings (SSSR count). The number of carbonyl (C=O) groups is 1. The fourth-order valence-electron chi connectivity index (χ4n) is 1.73. The summed E-state index contributed by atoms with van der Waals surface area (Å²) >= 11 is 5.81. The maximum absolute atomic E-state index is 13.7. The molecule has 102 valence electrons. The molecular weight excluding hydrogens is 289 g/mol. The Morgan fingerprint density at radius 1 is 1.25 bits per heavy atom. The summed E-state index contributed by atoms with van der Waals surface area (Å²) in [7, 11) is 0. The van der Waals surface area contributed by atoms with Gasteiger partial charge in [-0.1, -0.05) is 23.7 Å². The monoisotopic (exact) mass is 295 g/mol. The van der Waals surface area contributed by atoms with E-state index in [1.165, 1.54) is 6.07 Å². The molecule has 20 heavy (non-hydrogen) atoms. The summed E-state index contributed by atoms with van der Waals surface area (Å²) in [5.41, 5.74) is -0.977. The molecule has 0 aliphatic rings. The lowest BCUT2D eigenvalue weighted by Crippen LogP contribution is -2.04. The van der Waals surface area contributed by atoms with Gasteiger partial charge in [0, 0.05) is 11.1 Å².